The van der Waals surface area contributed by atoms with Crippen molar-refractivity contribution in [3.8, 4) is 0 Å². The van der Waals surface area contributed by atoms with Crippen LogP contribution >= 0.6 is 0 Å². The van der Waals surface area contributed by atoms with Gasteiger partial charge in [0, 0.05) is 12.8 Å². The minimum absolute atomic E-state index is 0.138. The Balaban J connectivity index is 3.13. The predicted molar refractivity (Wildman–Crippen MR) is 95.3 cm³/mol. The number of ketones is 1. The lowest BCUT2D eigenvalue weighted by atomic mass is 10.0. The van der Waals surface area contributed by atoms with Gasteiger partial charge in [-0.15, -0.1) is 0 Å². The third-order valence-corrected chi connectivity index (χ3v) is 4.21. The van der Waals surface area contributed by atoms with Gasteiger partial charge in [-0.25, -0.2) is 0 Å². The van der Waals surface area contributed by atoms with E-state index in [2.05, 4.69) is 5.32 Å². The van der Waals surface area contributed by atoms with Crippen molar-refractivity contribution in [3.05, 3.63) is 0 Å². The number of hydrogen-bond acceptors (Lipinski definition) is 3. The van der Waals surface area contributed by atoms with E-state index in [9.17, 15) is 4.79 Å². The number of aliphatic hydroxyl groups excluding tert-OH is 1. The van der Waals surface area contributed by atoms with E-state index in [0.29, 0.717) is 5.78 Å². The quantitative estimate of drug-likeness (QED) is 0.385. The van der Waals surface area contributed by atoms with Crippen molar-refractivity contribution >= 4 is 5.78 Å². The zero-order valence-corrected chi connectivity index (χ0v) is 15.0. The van der Waals surface area contributed by atoms with E-state index in [1.807, 2.05) is 14.0 Å². The summed E-state index contributed by atoms with van der Waals surface area (Å²) in [5, 5.41) is 12.3. The van der Waals surface area contributed by atoms with Crippen molar-refractivity contribution in [2.75, 3.05) is 13.6 Å². The van der Waals surface area contributed by atoms with Crippen LogP contribution < -0.4 is 5.32 Å². The van der Waals surface area contributed by atoms with Gasteiger partial charge in [-0.1, -0.05) is 51.4 Å². The van der Waals surface area contributed by atoms with Crippen LogP contribution in [0.5, 0.6) is 0 Å². The van der Waals surface area contributed by atoms with Crippen LogP contribution in [0.4, 0.5) is 0 Å². The predicted octanol–water partition coefficient (Wildman–Crippen LogP) is 4.62. The second-order valence-electron chi connectivity index (χ2n) is 6.67. The van der Waals surface area contributed by atoms with Crippen LogP contribution in [0.1, 0.15) is 96.8 Å². The molecular weight excluding hydrogens is 274 g/mol. The fourth-order valence-electron chi connectivity index (χ4n) is 2.75. The monoisotopic (exact) mass is 313 g/mol. The lowest BCUT2D eigenvalue weighted by molar-refractivity contribution is -0.119. The lowest BCUT2D eigenvalue weighted by Crippen LogP contribution is -2.07. The number of carbonyl (C=O) groups excluding carboxylic acids is 1. The number of aliphatic hydroxyl groups is 1. The number of hydrogen-bond donors (Lipinski definition) is 2. The number of unbranched alkanes of at least 4 members (excludes halogenated alkanes) is 9. The van der Waals surface area contributed by atoms with Crippen LogP contribution in [-0.4, -0.2) is 30.6 Å². The summed E-state index contributed by atoms with van der Waals surface area (Å²) in [7, 11) is 1.97. The minimum Gasteiger partial charge on any atom is -0.393 e. The molecule has 3 nitrogen and oxygen atoms in total. The molecule has 0 rings (SSSR count). The molecule has 1 unspecified atom stereocenters. The van der Waals surface area contributed by atoms with E-state index in [1.54, 1.807) is 0 Å². The molecule has 0 aliphatic carbocycles. The fraction of sp³-hybridized carbons (Fsp3) is 0.947. The van der Waals surface area contributed by atoms with Gasteiger partial charge in [0.25, 0.3) is 0 Å². The van der Waals surface area contributed by atoms with Gasteiger partial charge >= 0.3 is 0 Å². The maximum Gasteiger partial charge on any atom is 0.132 e. The van der Waals surface area contributed by atoms with Crippen molar-refractivity contribution in [1.82, 2.24) is 5.32 Å². The first-order chi connectivity index (χ1) is 10.7. The van der Waals surface area contributed by atoms with Gasteiger partial charge in [0.1, 0.15) is 5.78 Å². The van der Waals surface area contributed by atoms with Gasteiger partial charge in [0.15, 0.2) is 0 Å². The Morgan fingerprint density at radius 2 is 1.27 bits per heavy atom. The zero-order valence-electron chi connectivity index (χ0n) is 15.0. The maximum atomic E-state index is 11.7. The van der Waals surface area contributed by atoms with Crippen LogP contribution in [-0.2, 0) is 4.79 Å². The van der Waals surface area contributed by atoms with Crippen molar-refractivity contribution in [2.45, 2.75) is 103 Å². The van der Waals surface area contributed by atoms with Gasteiger partial charge in [-0.05, 0) is 46.2 Å². The summed E-state index contributed by atoms with van der Waals surface area (Å²) in [5.74, 6) is 0.461. The molecule has 0 saturated heterocycles. The lowest BCUT2D eigenvalue weighted by Gasteiger charge is -2.04. The molecule has 0 fully saturated rings. The average molecular weight is 314 g/mol. The molecule has 0 aliphatic heterocycles. The van der Waals surface area contributed by atoms with E-state index in [1.165, 1.54) is 51.4 Å². The van der Waals surface area contributed by atoms with Gasteiger partial charge in [0.05, 0.1) is 6.10 Å². The van der Waals surface area contributed by atoms with E-state index in [0.717, 1.165) is 45.1 Å². The SMILES string of the molecule is CNCCCCCC(=O)CCCCCCCCCCC(C)O. The molecule has 2 N–H and O–H groups in total. The second-order valence-corrected chi connectivity index (χ2v) is 6.67. The van der Waals surface area contributed by atoms with E-state index < -0.39 is 0 Å². The molecule has 0 radical (unpaired) electrons. The normalized spacial score (nSPS) is 12.5. The second kappa shape index (κ2) is 17.0. The summed E-state index contributed by atoms with van der Waals surface area (Å²) in [4.78, 5) is 11.7. The van der Waals surface area contributed by atoms with E-state index in [-0.39, 0.29) is 6.10 Å². The first-order valence-corrected chi connectivity index (χ1v) is 9.51. The summed E-state index contributed by atoms with van der Waals surface area (Å²) in [6.45, 7) is 2.93. The van der Waals surface area contributed by atoms with E-state index >= 15 is 0 Å². The Labute approximate surface area is 138 Å². The molecule has 0 saturated carbocycles. The largest absolute Gasteiger partial charge is 0.393 e. The van der Waals surface area contributed by atoms with Crippen LogP contribution in [0.3, 0.4) is 0 Å². The first-order valence-electron chi connectivity index (χ1n) is 9.51. The molecule has 0 heterocycles. The minimum atomic E-state index is -0.138. The third-order valence-electron chi connectivity index (χ3n) is 4.21. The summed E-state index contributed by atoms with van der Waals surface area (Å²) in [6.07, 6.45) is 15.6. The van der Waals surface area contributed by atoms with Gasteiger partial charge in [-0.3, -0.25) is 4.79 Å². The highest BCUT2D eigenvalue weighted by Gasteiger charge is 2.02. The van der Waals surface area contributed by atoms with Crippen molar-refractivity contribution < 1.29 is 9.90 Å². The van der Waals surface area contributed by atoms with Crippen LogP contribution in [0, 0.1) is 0 Å². The highest BCUT2D eigenvalue weighted by molar-refractivity contribution is 5.78. The smallest absolute Gasteiger partial charge is 0.132 e. The zero-order chi connectivity index (χ0) is 16.5. The molecule has 0 aliphatic rings. The molecule has 0 aromatic carbocycles. The summed E-state index contributed by atoms with van der Waals surface area (Å²) in [6, 6.07) is 0. The number of Topliss-reactive ketones (excluding diaryl/α,β-unsaturated/α-hetero) is 1. The Morgan fingerprint density at radius 3 is 1.77 bits per heavy atom. The van der Waals surface area contributed by atoms with Gasteiger partial charge in [0.2, 0.25) is 0 Å². The first kappa shape index (κ1) is 21.6. The highest BCUT2D eigenvalue weighted by atomic mass is 16.3. The molecular formula is C19H39NO2. The summed E-state index contributed by atoms with van der Waals surface area (Å²) < 4.78 is 0. The molecule has 0 amide bonds. The Hall–Kier alpha value is -0.410. The average Bonchev–Trinajstić information content (AvgIpc) is 2.48. The molecule has 0 bridgehead atoms. The summed E-state index contributed by atoms with van der Waals surface area (Å²) >= 11 is 0. The Bertz CT molecular complexity index is 242. The third kappa shape index (κ3) is 17.6. The van der Waals surface area contributed by atoms with Crippen LogP contribution in [0.25, 0.3) is 0 Å². The summed E-state index contributed by atoms with van der Waals surface area (Å²) in [5.41, 5.74) is 0. The molecule has 3 heteroatoms. The Morgan fingerprint density at radius 1 is 0.818 bits per heavy atom. The van der Waals surface area contributed by atoms with Crippen molar-refractivity contribution in [1.29, 1.82) is 0 Å². The molecule has 1 atom stereocenters. The molecule has 0 aromatic heterocycles. The molecule has 0 aromatic rings. The number of carbonyl (C=O) groups is 1. The van der Waals surface area contributed by atoms with E-state index in [4.69, 9.17) is 5.11 Å². The molecule has 0 spiro atoms. The maximum absolute atomic E-state index is 11.7. The molecule has 22 heavy (non-hydrogen) atoms. The van der Waals surface area contributed by atoms with Crippen molar-refractivity contribution in [2.24, 2.45) is 0 Å². The van der Waals surface area contributed by atoms with Crippen LogP contribution in [0.15, 0.2) is 0 Å². The number of nitrogens with one attached hydrogen (secondary N) is 1. The molecule has 132 valence electrons. The fourth-order valence-corrected chi connectivity index (χ4v) is 2.75. The van der Waals surface area contributed by atoms with Crippen molar-refractivity contribution in [3.63, 3.8) is 0 Å². The topological polar surface area (TPSA) is 49.3 Å². The Kier molecular flexibility index (Phi) is 16.6. The van der Waals surface area contributed by atoms with Gasteiger partial charge < -0.3 is 10.4 Å². The highest BCUT2D eigenvalue weighted by Crippen LogP contribution is 2.12. The standard InChI is InChI=1S/C19H39NO2/c1-18(21)14-10-7-5-3-4-6-8-11-15-19(22)16-12-9-13-17-20-2/h18,20-21H,3-17H2,1-2H3. The van der Waals surface area contributed by atoms with Gasteiger partial charge in [-0.2, -0.15) is 0 Å². The van der Waals surface area contributed by atoms with Crippen LogP contribution in [0.2, 0.25) is 0 Å². The number of rotatable bonds is 17.